The zero-order chi connectivity index (χ0) is 9.78. The van der Waals surface area contributed by atoms with Gasteiger partial charge in [0.2, 0.25) is 0 Å². The Balaban J connectivity index is 3.71. The van der Waals surface area contributed by atoms with Gasteiger partial charge in [0.05, 0.1) is 6.61 Å². The molecule has 0 aliphatic heterocycles. The highest BCUT2D eigenvalue weighted by molar-refractivity contribution is 4.57. The molecule has 0 aromatic heterocycles. The van der Waals surface area contributed by atoms with Gasteiger partial charge in [0.25, 0.3) is 0 Å². The van der Waals surface area contributed by atoms with Gasteiger partial charge in [-0.25, -0.2) is 0 Å². The fourth-order valence-corrected chi connectivity index (χ4v) is 0.823. The van der Waals surface area contributed by atoms with Gasteiger partial charge in [0, 0.05) is 6.42 Å². The fraction of sp³-hybridized carbons (Fsp3) is 1.00. The molecule has 0 N–H and O–H groups in total. The van der Waals surface area contributed by atoms with E-state index in [-0.39, 0.29) is 24.9 Å². The largest absolute Gasteiger partial charge is 0.355 e. The summed E-state index contributed by atoms with van der Waals surface area (Å²) in [5, 5.41) is 0. The van der Waals surface area contributed by atoms with E-state index in [0.717, 1.165) is 0 Å². The Morgan fingerprint density at radius 2 is 1.58 bits per heavy atom. The summed E-state index contributed by atoms with van der Waals surface area (Å²) in [6.45, 7) is 7.34. The van der Waals surface area contributed by atoms with E-state index >= 15 is 0 Å². The Morgan fingerprint density at radius 3 is 1.92 bits per heavy atom. The Bertz CT molecular complexity index is 122. The molecule has 0 aliphatic carbocycles. The third kappa shape index (κ3) is 6.53. The van der Waals surface area contributed by atoms with Crippen LogP contribution in [0.15, 0.2) is 0 Å². The molecule has 0 aromatic carbocycles. The summed E-state index contributed by atoms with van der Waals surface area (Å²) < 4.78 is 30.1. The van der Waals surface area contributed by atoms with Crippen LogP contribution < -0.4 is 0 Å². The molecule has 1 nitrogen and oxygen atoms in total. The normalized spacial score (nSPS) is 13.0. The minimum absolute atomic E-state index is 0.0350. The van der Waals surface area contributed by atoms with Crippen LogP contribution in [0.25, 0.3) is 0 Å². The topological polar surface area (TPSA) is 9.23 Å². The molecule has 0 fully saturated rings. The van der Waals surface area contributed by atoms with Gasteiger partial charge in [0.15, 0.2) is 0 Å². The molecule has 0 heterocycles. The van der Waals surface area contributed by atoms with Crippen molar-refractivity contribution < 1.29 is 13.5 Å². The van der Waals surface area contributed by atoms with Crippen LogP contribution in [0.4, 0.5) is 8.78 Å². The highest BCUT2D eigenvalue weighted by Crippen LogP contribution is 2.25. The number of hydrogen-bond acceptors (Lipinski definition) is 1. The molecular weight excluding hydrogens is 162 g/mol. The van der Waals surface area contributed by atoms with Crippen LogP contribution in [-0.4, -0.2) is 12.7 Å². The molecule has 0 spiro atoms. The van der Waals surface area contributed by atoms with Gasteiger partial charge in [-0.2, -0.15) is 8.78 Å². The van der Waals surface area contributed by atoms with Crippen molar-refractivity contribution in [1.29, 1.82) is 0 Å². The van der Waals surface area contributed by atoms with Gasteiger partial charge in [-0.15, -0.1) is 0 Å². The quantitative estimate of drug-likeness (QED) is 0.630. The summed E-state index contributed by atoms with van der Waals surface area (Å²) in [6, 6.07) is 0. The zero-order valence-electron chi connectivity index (χ0n) is 8.23. The van der Waals surface area contributed by atoms with Crippen LogP contribution in [0.1, 0.15) is 34.1 Å². The third-order valence-electron chi connectivity index (χ3n) is 1.27. The minimum atomic E-state index is -2.95. The van der Waals surface area contributed by atoms with Crippen molar-refractivity contribution in [1.82, 2.24) is 0 Å². The Morgan fingerprint density at radius 1 is 1.08 bits per heavy atom. The van der Waals surface area contributed by atoms with E-state index in [1.165, 1.54) is 0 Å². The molecule has 0 atom stereocenters. The fourth-order valence-electron chi connectivity index (χ4n) is 0.823. The van der Waals surface area contributed by atoms with Gasteiger partial charge >= 0.3 is 6.11 Å². The monoisotopic (exact) mass is 180 g/mol. The molecule has 0 unspecified atom stereocenters. The first-order chi connectivity index (χ1) is 5.33. The molecule has 0 amide bonds. The molecule has 12 heavy (non-hydrogen) atoms. The Kier molecular flexibility index (Phi) is 4.68. The van der Waals surface area contributed by atoms with Crippen LogP contribution in [0.3, 0.4) is 0 Å². The van der Waals surface area contributed by atoms with Gasteiger partial charge in [0.1, 0.15) is 0 Å². The average Bonchev–Trinajstić information content (AvgIpc) is 1.81. The standard InChI is InChI=1S/C9H18F2O/c1-7(2)5-9(10,11)12-6-8(3)4/h7-8H,5-6H2,1-4H3. The van der Waals surface area contributed by atoms with Crippen LogP contribution in [-0.2, 0) is 4.74 Å². The minimum Gasteiger partial charge on any atom is -0.320 e. The number of rotatable bonds is 5. The van der Waals surface area contributed by atoms with Crippen molar-refractivity contribution in [3.8, 4) is 0 Å². The average molecular weight is 180 g/mol. The van der Waals surface area contributed by atoms with Crippen molar-refractivity contribution in [2.75, 3.05) is 6.61 Å². The van der Waals surface area contributed by atoms with Crippen molar-refractivity contribution >= 4 is 0 Å². The lowest BCUT2D eigenvalue weighted by molar-refractivity contribution is -0.251. The highest BCUT2D eigenvalue weighted by atomic mass is 19.3. The summed E-state index contributed by atoms with van der Waals surface area (Å²) in [4.78, 5) is 0. The van der Waals surface area contributed by atoms with E-state index in [9.17, 15) is 8.78 Å². The predicted molar refractivity (Wildman–Crippen MR) is 45.2 cm³/mol. The van der Waals surface area contributed by atoms with Crippen LogP contribution in [0.5, 0.6) is 0 Å². The van der Waals surface area contributed by atoms with Crippen molar-refractivity contribution in [2.45, 2.75) is 40.2 Å². The Hall–Kier alpha value is -0.180. The number of ether oxygens (including phenoxy) is 1. The third-order valence-corrected chi connectivity index (χ3v) is 1.27. The Labute approximate surface area is 73.1 Å². The summed E-state index contributed by atoms with van der Waals surface area (Å²) >= 11 is 0. The molecule has 0 aromatic rings. The SMILES string of the molecule is CC(C)COC(F)(F)CC(C)C. The smallest absolute Gasteiger partial charge is 0.320 e. The highest BCUT2D eigenvalue weighted by Gasteiger charge is 2.30. The molecule has 0 saturated carbocycles. The molecule has 0 bridgehead atoms. The lowest BCUT2D eigenvalue weighted by Gasteiger charge is -2.19. The lowest BCUT2D eigenvalue weighted by atomic mass is 10.1. The van der Waals surface area contributed by atoms with Crippen LogP contribution in [0, 0.1) is 11.8 Å². The number of halogens is 2. The molecular formula is C9H18F2O. The van der Waals surface area contributed by atoms with Crippen LogP contribution >= 0.6 is 0 Å². The predicted octanol–water partition coefficient (Wildman–Crippen LogP) is 3.30. The van der Waals surface area contributed by atoms with Crippen molar-refractivity contribution in [2.24, 2.45) is 11.8 Å². The second-order valence-corrected chi connectivity index (χ2v) is 3.94. The maximum atomic E-state index is 12.8. The molecule has 0 saturated heterocycles. The molecule has 0 aliphatic rings. The first-order valence-electron chi connectivity index (χ1n) is 4.35. The molecule has 0 rings (SSSR count). The maximum absolute atomic E-state index is 12.8. The summed E-state index contributed by atoms with van der Waals surface area (Å²) in [7, 11) is 0. The van der Waals surface area contributed by atoms with Crippen molar-refractivity contribution in [3.63, 3.8) is 0 Å². The summed E-state index contributed by atoms with van der Waals surface area (Å²) in [5.74, 6) is 0.121. The van der Waals surface area contributed by atoms with Crippen LogP contribution in [0.2, 0.25) is 0 Å². The number of alkyl halides is 2. The van der Waals surface area contributed by atoms with E-state index in [0.29, 0.717) is 0 Å². The van der Waals surface area contributed by atoms with Gasteiger partial charge in [-0.1, -0.05) is 27.7 Å². The van der Waals surface area contributed by atoms with E-state index in [4.69, 9.17) is 0 Å². The molecule has 74 valence electrons. The van der Waals surface area contributed by atoms with Gasteiger partial charge in [-0.3, -0.25) is 0 Å². The lowest BCUT2D eigenvalue weighted by Crippen LogP contribution is -2.25. The summed E-state index contributed by atoms with van der Waals surface area (Å²) in [5.41, 5.74) is 0. The second-order valence-electron chi connectivity index (χ2n) is 3.94. The van der Waals surface area contributed by atoms with Gasteiger partial charge < -0.3 is 4.74 Å². The van der Waals surface area contributed by atoms with Gasteiger partial charge in [-0.05, 0) is 11.8 Å². The van der Waals surface area contributed by atoms with E-state index < -0.39 is 6.11 Å². The molecule has 3 heteroatoms. The number of hydrogen-bond donors (Lipinski definition) is 0. The first-order valence-corrected chi connectivity index (χ1v) is 4.35. The van der Waals surface area contributed by atoms with E-state index in [1.54, 1.807) is 13.8 Å². The maximum Gasteiger partial charge on any atom is 0.355 e. The second kappa shape index (κ2) is 4.75. The zero-order valence-corrected chi connectivity index (χ0v) is 8.23. The summed E-state index contributed by atoms with van der Waals surface area (Å²) in [6.07, 6.45) is -3.14. The van der Waals surface area contributed by atoms with E-state index in [1.807, 2.05) is 13.8 Å². The molecule has 0 radical (unpaired) electrons. The van der Waals surface area contributed by atoms with E-state index in [2.05, 4.69) is 4.74 Å². The first kappa shape index (κ1) is 11.8. The van der Waals surface area contributed by atoms with Crippen molar-refractivity contribution in [3.05, 3.63) is 0 Å².